The van der Waals surface area contributed by atoms with Gasteiger partial charge in [0.05, 0.1) is 24.3 Å². The number of H-pyrrole nitrogens is 1. The highest BCUT2D eigenvalue weighted by atomic mass is 16.5. The molecular formula is C18H24N4O3. The topological polar surface area (TPSA) is 79.7 Å². The molecule has 134 valence electrons. The summed E-state index contributed by atoms with van der Waals surface area (Å²) in [6.45, 7) is 3.94. The standard InChI is InChI=1S/C18H24N4O3/c1-2-13-9-17(23)22-16(19-13)10-14(20-22)15-5-3-4-7-21(15)18(24)12-6-8-25-11-12/h9-10,12,15,20H,2-8,11H2,1H3/t12-,15-/m0/s1. The lowest BCUT2D eigenvalue weighted by Gasteiger charge is -2.36. The molecule has 0 unspecified atom stereocenters. The summed E-state index contributed by atoms with van der Waals surface area (Å²) in [5, 5.41) is 3.18. The van der Waals surface area contributed by atoms with Crippen molar-refractivity contribution in [2.45, 2.75) is 45.1 Å². The monoisotopic (exact) mass is 344 g/mol. The highest BCUT2D eigenvalue weighted by molar-refractivity contribution is 5.79. The molecule has 0 aliphatic carbocycles. The third kappa shape index (κ3) is 2.97. The average molecular weight is 344 g/mol. The molecule has 7 nitrogen and oxygen atoms in total. The number of rotatable bonds is 3. The van der Waals surface area contributed by atoms with Gasteiger partial charge >= 0.3 is 0 Å². The minimum absolute atomic E-state index is 0.0203. The van der Waals surface area contributed by atoms with Crippen molar-refractivity contribution in [3.8, 4) is 0 Å². The Hall–Kier alpha value is -2.15. The van der Waals surface area contributed by atoms with Gasteiger partial charge < -0.3 is 9.64 Å². The quantitative estimate of drug-likeness (QED) is 0.919. The van der Waals surface area contributed by atoms with E-state index < -0.39 is 0 Å². The van der Waals surface area contributed by atoms with Crippen LogP contribution in [0.3, 0.4) is 0 Å². The van der Waals surface area contributed by atoms with Gasteiger partial charge in [0.25, 0.3) is 5.56 Å². The van der Waals surface area contributed by atoms with Crippen molar-refractivity contribution < 1.29 is 9.53 Å². The van der Waals surface area contributed by atoms with Gasteiger partial charge in [-0.15, -0.1) is 0 Å². The zero-order valence-corrected chi connectivity index (χ0v) is 14.5. The highest BCUT2D eigenvalue weighted by Gasteiger charge is 2.35. The minimum atomic E-state index is -0.106. The lowest BCUT2D eigenvalue weighted by atomic mass is 9.96. The molecule has 1 amide bonds. The molecule has 25 heavy (non-hydrogen) atoms. The maximum Gasteiger partial charge on any atom is 0.272 e. The summed E-state index contributed by atoms with van der Waals surface area (Å²) in [6, 6.07) is 3.46. The fourth-order valence-corrected chi connectivity index (χ4v) is 3.89. The van der Waals surface area contributed by atoms with E-state index in [4.69, 9.17) is 4.74 Å². The Bertz CT molecular complexity index is 834. The molecule has 4 heterocycles. The number of amides is 1. The lowest BCUT2D eigenvalue weighted by molar-refractivity contribution is -0.139. The molecule has 2 aliphatic heterocycles. The van der Waals surface area contributed by atoms with Gasteiger partial charge in [0.1, 0.15) is 0 Å². The number of ether oxygens (including phenoxy) is 1. The van der Waals surface area contributed by atoms with Gasteiger partial charge in [0.15, 0.2) is 5.65 Å². The maximum atomic E-state index is 12.9. The van der Waals surface area contributed by atoms with Crippen LogP contribution in [0.25, 0.3) is 5.65 Å². The van der Waals surface area contributed by atoms with Crippen LogP contribution in [0.5, 0.6) is 0 Å². The molecule has 4 rings (SSSR count). The zero-order chi connectivity index (χ0) is 17.4. The number of nitrogens with zero attached hydrogens (tertiary/aromatic N) is 3. The van der Waals surface area contributed by atoms with E-state index in [1.165, 1.54) is 4.52 Å². The number of hydrogen-bond donors (Lipinski definition) is 1. The van der Waals surface area contributed by atoms with Crippen LogP contribution in [0.2, 0.25) is 0 Å². The largest absolute Gasteiger partial charge is 0.381 e. The fraction of sp³-hybridized carbons (Fsp3) is 0.611. The van der Waals surface area contributed by atoms with Crippen LogP contribution in [0.1, 0.15) is 50.0 Å². The number of hydrogen-bond acceptors (Lipinski definition) is 4. The first-order valence-electron chi connectivity index (χ1n) is 9.17. The summed E-state index contributed by atoms with van der Waals surface area (Å²) < 4.78 is 6.87. The van der Waals surface area contributed by atoms with Crippen molar-refractivity contribution in [1.29, 1.82) is 0 Å². The Balaban J connectivity index is 1.68. The van der Waals surface area contributed by atoms with Gasteiger partial charge in [-0.05, 0) is 32.1 Å². The second-order valence-corrected chi connectivity index (χ2v) is 6.95. The van der Waals surface area contributed by atoms with E-state index in [-0.39, 0.29) is 23.4 Å². The SMILES string of the molecule is CCc1cc(=O)n2[nH]c([C@@H]3CCCCN3C(=O)[C@H]3CCOC3)cc2n1. The molecule has 2 aliphatic rings. The van der Waals surface area contributed by atoms with E-state index in [1.54, 1.807) is 6.07 Å². The third-order valence-electron chi connectivity index (χ3n) is 5.31. The predicted molar refractivity (Wildman–Crippen MR) is 92.4 cm³/mol. The zero-order valence-electron chi connectivity index (χ0n) is 14.5. The van der Waals surface area contributed by atoms with Crippen LogP contribution in [0.4, 0.5) is 0 Å². The van der Waals surface area contributed by atoms with Gasteiger partial charge in [0, 0.05) is 31.0 Å². The Labute approximate surface area is 146 Å². The van der Waals surface area contributed by atoms with Crippen LogP contribution >= 0.6 is 0 Å². The molecule has 7 heteroatoms. The first-order chi connectivity index (χ1) is 12.2. The second-order valence-electron chi connectivity index (χ2n) is 6.95. The molecule has 2 aromatic heterocycles. The number of carbonyl (C=O) groups excluding carboxylic acids is 1. The van der Waals surface area contributed by atoms with Crippen molar-refractivity contribution in [3.63, 3.8) is 0 Å². The van der Waals surface area contributed by atoms with Crippen LogP contribution in [0.15, 0.2) is 16.9 Å². The summed E-state index contributed by atoms with van der Waals surface area (Å²) in [4.78, 5) is 31.7. The smallest absolute Gasteiger partial charge is 0.272 e. The van der Waals surface area contributed by atoms with Gasteiger partial charge in [-0.3, -0.25) is 14.7 Å². The van der Waals surface area contributed by atoms with Gasteiger partial charge in [-0.2, -0.15) is 0 Å². The number of aromatic amines is 1. The summed E-state index contributed by atoms with van der Waals surface area (Å²) in [7, 11) is 0. The van der Waals surface area contributed by atoms with Gasteiger partial charge in [-0.25, -0.2) is 9.50 Å². The Morgan fingerprint density at radius 3 is 3.00 bits per heavy atom. The number of piperidine rings is 1. The summed E-state index contributed by atoms with van der Waals surface area (Å²) in [5.41, 5.74) is 2.20. The summed E-state index contributed by atoms with van der Waals surface area (Å²) >= 11 is 0. The van der Waals surface area contributed by atoms with E-state index in [2.05, 4.69) is 10.1 Å². The van der Waals surface area contributed by atoms with Crippen molar-refractivity contribution in [2.24, 2.45) is 5.92 Å². The Kier molecular flexibility index (Phi) is 4.33. The molecular weight excluding hydrogens is 320 g/mol. The average Bonchev–Trinajstić information content (AvgIpc) is 3.31. The lowest BCUT2D eigenvalue weighted by Crippen LogP contribution is -2.42. The third-order valence-corrected chi connectivity index (χ3v) is 5.31. The molecule has 0 bridgehead atoms. The molecule has 0 aromatic carbocycles. The molecule has 0 saturated carbocycles. The predicted octanol–water partition coefficient (Wildman–Crippen LogP) is 1.68. The number of fused-ring (bicyclic) bond motifs is 1. The van der Waals surface area contributed by atoms with Gasteiger partial charge in [-0.1, -0.05) is 6.92 Å². The molecule has 0 spiro atoms. The molecule has 0 radical (unpaired) electrons. The van der Waals surface area contributed by atoms with E-state index in [0.717, 1.165) is 50.0 Å². The first-order valence-corrected chi connectivity index (χ1v) is 9.17. The summed E-state index contributed by atoms with van der Waals surface area (Å²) in [6.07, 6.45) is 4.53. The van der Waals surface area contributed by atoms with Crippen molar-refractivity contribution in [3.05, 3.63) is 33.9 Å². The Morgan fingerprint density at radius 2 is 2.24 bits per heavy atom. The number of likely N-dealkylation sites (tertiary alicyclic amines) is 1. The van der Waals surface area contributed by atoms with Crippen molar-refractivity contribution >= 4 is 11.6 Å². The number of aryl methyl sites for hydroxylation is 1. The van der Waals surface area contributed by atoms with Crippen LogP contribution in [0, 0.1) is 5.92 Å². The van der Waals surface area contributed by atoms with Crippen LogP contribution in [-0.4, -0.2) is 45.2 Å². The van der Waals surface area contributed by atoms with E-state index in [9.17, 15) is 9.59 Å². The van der Waals surface area contributed by atoms with E-state index >= 15 is 0 Å². The molecule has 2 atom stereocenters. The number of nitrogens with one attached hydrogen (secondary N) is 1. The molecule has 2 aromatic rings. The second kappa shape index (κ2) is 6.63. The number of carbonyl (C=O) groups is 1. The van der Waals surface area contributed by atoms with Crippen LogP contribution < -0.4 is 5.56 Å². The van der Waals surface area contributed by atoms with Crippen molar-refractivity contribution in [2.75, 3.05) is 19.8 Å². The van der Waals surface area contributed by atoms with Crippen molar-refractivity contribution in [1.82, 2.24) is 19.5 Å². The fourth-order valence-electron chi connectivity index (χ4n) is 3.89. The van der Waals surface area contributed by atoms with E-state index in [1.807, 2.05) is 17.9 Å². The Morgan fingerprint density at radius 1 is 1.36 bits per heavy atom. The van der Waals surface area contributed by atoms with Gasteiger partial charge in [0.2, 0.25) is 5.91 Å². The minimum Gasteiger partial charge on any atom is -0.381 e. The van der Waals surface area contributed by atoms with Crippen LogP contribution in [-0.2, 0) is 16.0 Å². The molecule has 1 N–H and O–H groups in total. The molecule has 2 saturated heterocycles. The normalized spacial score (nSPS) is 24.1. The number of aromatic nitrogens is 3. The first kappa shape index (κ1) is 16.3. The molecule has 2 fully saturated rings. The maximum absolute atomic E-state index is 12.9. The van der Waals surface area contributed by atoms with E-state index in [0.29, 0.717) is 18.9 Å². The highest BCUT2D eigenvalue weighted by Crippen LogP contribution is 2.32. The summed E-state index contributed by atoms with van der Waals surface area (Å²) in [5.74, 6) is 0.146.